The Balaban J connectivity index is 1.83. The standard InChI is InChI=1S/C19H16N4O3/c24-18(25)11-23-10-16(19(21-23)12-5-7-20-8-6-12)14-1-3-15-13(9-14)2-4-17(15)22-26/h1,3,5-10,26H,2,4,11H2,(H,24,25)/b22-17+. The van der Waals surface area contributed by atoms with E-state index in [1.165, 1.54) is 4.68 Å². The molecule has 0 atom stereocenters. The third-order valence-electron chi connectivity index (χ3n) is 4.49. The highest BCUT2D eigenvalue weighted by atomic mass is 16.4. The minimum Gasteiger partial charge on any atom is -0.480 e. The van der Waals surface area contributed by atoms with E-state index in [0.29, 0.717) is 17.8 Å². The molecular formula is C19H16N4O3. The zero-order chi connectivity index (χ0) is 18.1. The van der Waals surface area contributed by atoms with Gasteiger partial charge in [-0.3, -0.25) is 14.5 Å². The molecule has 1 aromatic carbocycles. The summed E-state index contributed by atoms with van der Waals surface area (Å²) in [6.45, 7) is -0.204. The molecule has 1 aliphatic rings. The van der Waals surface area contributed by atoms with Crippen LogP contribution in [0.15, 0.2) is 54.1 Å². The van der Waals surface area contributed by atoms with E-state index in [1.54, 1.807) is 18.6 Å². The summed E-state index contributed by atoms with van der Waals surface area (Å²) in [4.78, 5) is 15.1. The Labute approximate surface area is 149 Å². The molecule has 4 rings (SSSR count). The van der Waals surface area contributed by atoms with Crippen LogP contribution in [0, 0.1) is 0 Å². The SMILES string of the molecule is O=C(O)Cn1cc(-c2ccc3c(c2)CC/C3=N\O)c(-c2ccncc2)n1. The van der Waals surface area contributed by atoms with Gasteiger partial charge in [0.1, 0.15) is 12.2 Å². The van der Waals surface area contributed by atoms with Crippen molar-refractivity contribution < 1.29 is 15.1 Å². The maximum atomic E-state index is 11.1. The van der Waals surface area contributed by atoms with Gasteiger partial charge in [0.05, 0.1) is 5.71 Å². The lowest BCUT2D eigenvalue weighted by Crippen LogP contribution is -2.08. The highest BCUT2D eigenvalue weighted by molar-refractivity contribution is 6.04. The van der Waals surface area contributed by atoms with E-state index >= 15 is 0 Å². The number of aliphatic carboxylic acids is 1. The molecule has 0 aliphatic heterocycles. The van der Waals surface area contributed by atoms with Crippen molar-refractivity contribution in [2.75, 3.05) is 0 Å². The second kappa shape index (κ2) is 6.44. The predicted octanol–water partition coefficient (Wildman–Crippen LogP) is 2.82. The molecule has 0 amide bonds. The molecule has 0 radical (unpaired) electrons. The molecular weight excluding hydrogens is 332 g/mol. The van der Waals surface area contributed by atoms with Crippen molar-refractivity contribution in [1.82, 2.24) is 14.8 Å². The van der Waals surface area contributed by atoms with Crippen LogP contribution in [-0.2, 0) is 17.8 Å². The minimum absolute atomic E-state index is 0.204. The van der Waals surface area contributed by atoms with E-state index in [2.05, 4.69) is 21.3 Å². The number of hydrogen-bond donors (Lipinski definition) is 2. The number of aromatic nitrogens is 3. The largest absolute Gasteiger partial charge is 0.480 e. The molecule has 26 heavy (non-hydrogen) atoms. The highest BCUT2D eigenvalue weighted by Crippen LogP contribution is 2.34. The molecule has 0 bridgehead atoms. The summed E-state index contributed by atoms with van der Waals surface area (Å²) in [5, 5.41) is 26.0. The molecule has 2 N–H and O–H groups in total. The number of carboxylic acid groups (broad SMARTS) is 1. The summed E-state index contributed by atoms with van der Waals surface area (Å²) in [5.41, 5.74) is 6.16. The number of benzene rings is 1. The average molecular weight is 348 g/mol. The average Bonchev–Trinajstić information content (AvgIpc) is 3.25. The van der Waals surface area contributed by atoms with Gasteiger partial charge >= 0.3 is 5.97 Å². The van der Waals surface area contributed by atoms with Crippen molar-refractivity contribution in [2.45, 2.75) is 19.4 Å². The number of hydrogen-bond acceptors (Lipinski definition) is 5. The van der Waals surface area contributed by atoms with Gasteiger partial charge in [0.25, 0.3) is 0 Å². The molecule has 0 spiro atoms. The van der Waals surface area contributed by atoms with Gasteiger partial charge in [0.15, 0.2) is 0 Å². The number of rotatable bonds is 4. The third kappa shape index (κ3) is 2.83. The zero-order valence-corrected chi connectivity index (χ0v) is 13.8. The maximum absolute atomic E-state index is 11.1. The number of oxime groups is 1. The molecule has 2 heterocycles. The fourth-order valence-corrected chi connectivity index (χ4v) is 3.32. The van der Waals surface area contributed by atoms with Crippen LogP contribution in [0.1, 0.15) is 17.5 Å². The first-order chi connectivity index (χ1) is 12.7. The van der Waals surface area contributed by atoms with Crippen LogP contribution in [0.3, 0.4) is 0 Å². The Bertz CT molecular complexity index is 1010. The Morgan fingerprint density at radius 2 is 1.92 bits per heavy atom. The summed E-state index contributed by atoms with van der Waals surface area (Å²) >= 11 is 0. The Morgan fingerprint density at radius 3 is 2.65 bits per heavy atom. The molecule has 2 aromatic heterocycles. The van der Waals surface area contributed by atoms with Gasteiger partial charge < -0.3 is 10.3 Å². The van der Waals surface area contributed by atoms with E-state index in [-0.39, 0.29) is 6.54 Å². The van der Waals surface area contributed by atoms with Gasteiger partial charge in [-0.05, 0) is 36.1 Å². The monoisotopic (exact) mass is 348 g/mol. The summed E-state index contributed by atoms with van der Waals surface area (Å²) < 4.78 is 1.43. The first kappa shape index (κ1) is 16.0. The van der Waals surface area contributed by atoms with Gasteiger partial charge in [-0.15, -0.1) is 0 Å². The lowest BCUT2D eigenvalue weighted by atomic mass is 9.98. The number of pyridine rings is 1. The van der Waals surface area contributed by atoms with Crippen LogP contribution in [0.4, 0.5) is 0 Å². The molecule has 0 saturated heterocycles. The van der Waals surface area contributed by atoms with Gasteiger partial charge in [0, 0.05) is 35.3 Å². The Morgan fingerprint density at radius 1 is 1.12 bits per heavy atom. The molecule has 1 aliphatic carbocycles. The summed E-state index contributed by atoms with van der Waals surface area (Å²) in [7, 11) is 0. The zero-order valence-electron chi connectivity index (χ0n) is 13.8. The Hall–Kier alpha value is -3.48. The van der Waals surface area contributed by atoms with Crippen LogP contribution in [0.2, 0.25) is 0 Å². The van der Waals surface area contributed by atoms with Gasteiger partial charge in [-0.2, -0.15) is 5.10 Å². The predicted molar refractivity (Wildman–Crippen MR) is 95.2 cm³/mol. The number of carbonyl (C=O) groups is 1. The van der Waals surface area contributed by atoms with E-state index in [0.717, 1.165) is 34.2 Å². The Kier molecular flexibility index (Phi) is 3.96. The van der Waals surface area contributed by atoms with Crippen LogP contribution in [0.5, 0.6) is 0 Å². The van der Waals surface area contributed by atoms with Crippen molar-refractivity contribution >= 4 is 11.7 Å². The smallest absolute Gasteiger partial charge is 0.325 e. The topological polar surface area (TPSA) is 101 Å². The quantitative estimate of drug-likeness (QED) is 0.558. The van der Waals surface area contributed by atoms with E-state index in [1.807, 2.05) is 24.3 Å². The van der Waals surface area contributed by atoms with Crippen molar-refractivity contribution in [3.8, 4) is 22.4 Å². The number of aryl methyl sites for hydroxylation is 1. The first-order valence-corrected chi connectivity index (χ1v) is 8.20. The molecule has 7 heteroatoms. The molecule has 7 nitrogen and oxygen atoms in total. The second-order valence-electron chi connectivity index (χ2n) is 6.14. The lowest BCUT2D eigenvalue weighted by molar-refractivity contribution is -0.137. The van der Waals surface area contributed by atoms with Crippen LogP contribution >= 0.6 is 0 Å². The summed E-state index contributed by atoms with van der Waals surface area (Å²) in [5.74, 6) is -0.946. The van der Waals surface area contributed by atoms with Gasteiger partial charge in [-0.1, -0.05) is 23.4 Å². The molecule has 130 valence electrons. The first-order valence-electron chi connectivity index (χ1n) is 8.20. The fourth-order valence-electron chi connectivity index (χ4n) is 3.32. The van der Waals surface area contributed by atoms with Crippen LogP contribution < -0.4 is 0 Å². The molecule has 0 unspecified atom stereocenters. The second-order valence-corrected chi connectivity index (χ2v) is 6.14. The van der Waals surface area contributed by atoms with E-state index in [9.17, 15) is 4.79 Å². The fraction of sp³-hybridized carbons (Fsp3) is 0.158. The lowest BCUT2D eigenvalue weighted by Gasteiger charge is -2.05. The van der Waals surface area contributed by atoms with Gasteiger partial charge in [-0.25, -0.2) is 0 Å². The normalized spacial score (nSPS) is 14.5. The number of nitrogens with zero attached hydrogens (tertiary/aromatic N) is 4. The summed E-state index contributed by atoms with van der Waals surface area (Å²) in [6.07, 6.45) is 6.65. The van der Waals surface area contributed by atoms with Crippen molar-refractivity contribution in [3.05, 3.63) is 60.0 Å². The third-order valence-corrected chi connectivity index (χ3v) is 4.49. The summed E-state index contributed by atoms with van der Waals surface area (Å²) in [6, 6.07) is 9.64. The molecule has 0 saturated carbocycles. The molecule has 3 aromatic rings. The van der Waals surface area contributed by atoms with E-state index < -0.39 is 5.97 Å². The van der Waals surface area contributed by atoms with Crippen molar-refractivity contribution in [2.24, 2.45) is 5.16 Å². The highest BCUT2D eigenvalue weighted by Gasteiger charge is 2.21. The maximum Gasteiger partial charge on any atom is 0.325 e. The van der Waals surface area contributed by atoms with Crippen molar-refractivity contribution in [3.63, 3.8) is 0 Å². The van der Waals surface area contributed by atoms with E-state index in [4.69, 9.17) is 10.3 Å². The molecule has 0 fully saturated rings. The van der Waals surface area contributed by atoms with Gasteiger partial charge in [0.2, 0.25) is 0 Å². The van der Waals surface area contributed by atoms with Crippen LogP contribution in [0.25, 0.3) is 22.4 Å². The number of carboxylic acids is 1. The van der Waals surface area contributed by atoms with Crippen molar-refractivity contribution in [1.29, 1.82) is 0 Å². The van der Waals surface area contributed by atoms with Crippen LogP contribution in [-0.4, -0.2) is 36.8 Å². The minimum atomic E-state index is -0.946. The number of fused-ring (bicyclic) bond motifs is 1.